The van der Waals surface area contributed by atoms with Crippen LogP contribution in [0.2, 0.25) is 0 Å². The van der Waals surface area contributed by atoms with Crippen molar-refractivity contribution < 1.29 is 17.9 Å². The number of nitriles is 1. The highest BCUT2D eigenvalue weighted by Crippen LogP contribution is 2.40. The molecule has 0 bridgehead atoms. The van der Waals surface area contributed by atoms with Crippen molar-refractivity contribution in [2.75, 3.05) is 0 Å². The molecule has 0 atom stereocenters. The number of rotatable bonds is 3. The summed E-state index contributed by atoms with van der Waals surface area (Å²) in [7, 11) is 0. The first-order valence-corrected chi connectivity index (χ1v) is 6.71. The Hall–Kier alpha value is -2.16. The maximum absolute atomic E-state index is 14.0. The summed E-state index contributed by atoms with van der Waals surface area (Å²) in [6, 6.07) is 3.37. The van der Waals surface area contributed by atoms with Crippen LogP contribution in [0, 0.1) is 24.1 Å². The van der Waals surface area contributed by atoms with E-state index in [-0.39, 0.29) is 6.04 Å². The van der Waals surface area contributed by atoms with E-state index in [1.165, 1.54) is 0 Å². The normalized spacial score (nSPS) is 15.2. The lowest BCUT2D eigenvalue weighted by atomic mass is 9.92. The number of aromatic nitrogens is 1. The van der Waals surface area contributed by atoms with Gasteiger partial charge in [0.05, 0.1) is 11.1 Å². The van der Waals surface area contributed by atoms with Crippen molar-refractivity contribution in [3.8, 4) is 11.8 Å². The second-order valence-corrected chi connectivity index (χ2v) is 5.23. The Labute approximate surface area is 119 Å². The zero-order chi connectivity index (χ0) is 15.1. The molecule has 1 heterocycles. The summed E-state index contributed by atoms with van der Waals surface area (Å²) in [6.07, 6.45) is 4.70. The molecule has 1 aliphatic rings. The zero-order valence-corrected chi connectivity index (χ0v) is 11.4. The van der Waals surface area contributed by atoms with Gasteiger partial charge in [-0.2, -0.15) is 14.0 Å². The van der Waals surface area contributed by atoms with Crippen molar-refractivity contribution in [2.45, 2.75) is 38.8 Å². The fourth-order valence-corrected chi connectivity index (χ4v) is 2.84. The van der Waals surface area contributed by atoms with Gasteiger partial charge in [0.2, 0.25) is 0 Å². The van der Waals surface area contributed by atoms with Crippen LogP contribution in [0.25, 0.3) is 10.9 Å². The quantitative estimate of drug-likeness (QED) is 0.847. The van der Waals surface area contributed by atoms with Crippen molar-refractivity contribution in [2.24, 2.45) is 0 Å². The minimum absolute atomic E-state index is 0.234. The summed E-state index contributed by atoms with van der Waals surface area (Å²) >= 11 is 0. The van der Waals surface area contributed by atoms with Gasteiger partial charge in [-0.25, -0.2) is 4.39 Å². The van der Waals surface area contributed by atoms with Crippen molar-refractivity contribution in [3.63, 3.8) is 0 Å². The fourth-order valence-electron chi connectivity index (χ4n) is 2.84. The summed E-state index contributed by atoms with van der Waals surface area (Å²) in [4.78, 5) is 0. The average Bonchev–Trinajstić information content (AvgIpc) is 2.70. The third-order valence-corrected chi connectivity index (χ3v) is 4.05. The minimum Gasteiger partial charge on any atom is -0.431 e. The fraction of sp³-hybridized carbons (Fsp3) is 0.400. The van der Waals surface area contributed by atoms with Crippen LogP contribution in [-0.2, 0) is 0 Å². The molecule has 2 aromatic rings. The molecule has 1 aliphatic carbocycles. The molecule has 3 nitrogen and oxygen atoms in total. The number of hydrogen-bond acceptors (Lipinski definition) is 2. The van der Waals surface area contributed by atoms with Gasteiger partial charge < -0.3 is 9.30 Å². The lowest BCUT2D eigenvalue weighted by Crippen LogP contribution is -2.16. The molecule has 0 spiro atoms. The third-order valence-electron chi connectivity index (χ3n) is 4.05. The molecule has 1 fully saturated rings. The molecule has 6 heteroatoms. The number of hydrogen-bond donors (Lipinski definition) is 0. The van der Waals surface area contributed by atoms with E-state index >= 15 is 0 Å². The SMILES string of the molecule is Cc1c(OC(F)F)c(F)cc2c(C#N)cn(C3CCC3)c12. The van der Waals surface area contributed by atoms with E-state index in [0.717, 1.165) is 25.3 Å². The first-order valence-electron chi connectivity index (χ1n) is 6.71. The zero-order valence-electron chi connectivity index (χ0n) is 11.4. The Kier molecular flexibility index (Phi) is 3.28. The first-order chi connectivity index (χ1) is 10.0. The molecule has 1 saturated carbocycles. The minimum atomic E-state index is -3.08. The molecule has 0 amide bonds. The van der Waals surface area contributed by atoms with E-state index in [4.69, 9.17) is 0 Å². The van der Waals surface area contributed by atoms with E-state index in [1.807, 2.05) is 10.6 Å². The monoisotopic (exact) mass is 294 g/mol. The summed E-state index contributed by atoms with van der Waals surface area (Å²) in [5.74, 6) is -1.32. The lowest BCUT2D eigenvalue weighted by Gasteiger charge is -2.28. The molecule has 21 heavy (non-hydrogen) atoms. The molecule has 0 radical (unpaired) electrons. The molecule has 0 N–H and O–H groups in total. The first kappa shape index (κ1) is 13.8. The number of fused-ring (bicyclic) bond motifs is 1. The molecule has 1 aromatic carbocycles. The van der Waals surface area contributed by atoms with E-state index in [2.05, 4.69) is 4.74 Å². The predicted molar refractivity (Wildman–Crippen MR) is 70.9 cm³/mol. The van der Waals surface area contributed by atoms with E-state index in [9.17, 15) is 18.4 Å². The van der Waals surface area contributed by atoms with Crippen LogP contribution in [0.1, 0.15) is 36.4 Å². The summed E-state index contributed by atoms with van der Waals surface area (Å²) in [5, 5.41) is 9.63. The van der Waals surface area contributed by atoms with Crippen molar-refractivity contribution in [3.05, 3.63) is 29.2 Å². The van der Waals surface area contributed by atoms with Crippen LogP contribution < -0.4 is 4.74 Å². The number of benzene rings is 1. The third kappa shape index (κ3) is 2.13. The molecular formula is C15H13F3N2O. The number of alkyl halides is 2. The lowest BCUT2D eigenvalue weighted by molar-refractivity contribution is -0.0525. The van der Waals surface area contributed by atoms with E-state index in [0.29, 0.717) is 22.0 Å². The van der Waals surface area contributed by atoms with Crippen molar-refractivity contribution >= 4 is 10.9 Å². The maximum Gasteiger partial charge on any atom is 0.387 e. The Morgan fingerprint density at radius 2 is 2.14 bits per heavy atom. The highest BCUT2D eigenvalue weighted by Gasteiger charge is 2.26. The van der Waals surface area contributed by atoms with Crippen molar-refractivity contribution in [1.82, 2.24) is 4.57 Å². The molecular weight excluding hydrogens is 281 g/mol. The van der Waals surface area contributed by atoms with Gasteiger partial charge in [0.25, 0.3) is 0 Å². The van der Waals surface area contributed by atoms with Crippen LogP contribution in [0.4, 0.5) is 13.2 Å². The second-order valence-electron chi connectivity index (χ2n) is 5.23. The Bertz CT molecular complexity index is 742. The van der Waals surface area contributed by atoms with Crippen LogP contribution in [-0.4, -0.2) is 11.2 Å². The van der Waals surface area contributed by atoms with E-state index < -0.39 is 18.2 Å². The number of halogens is 3. The van der Waals surface area contributed by atoms with Crippen LogP contribution in [0.15, 0.2) is 12.3 Å². The standard InChI is InChI=1S/C15H13F3N2O/c1-8-13-11(5-12(16)14(8)21-15(17)18)9(6-19)7-20(13)10-3-2-4-10/h5,7,10,15H,2-4H2,1H3. The van der Waals surface area contributed by atoms with Crippen LogP contribution >= 0.6 is 0 Å². The summed E-state index contributed by atoms with van der Waals surface area (Å²) in [6.45, 7) is -1.54. The molecule has 0 saturated heterocycles. The van der Waals surface area contributed by atoms with Gasteiger partial charge in [-0.05, 0) is 32.3 Å². The topological polar surface area (TPSA) is 37.9 Å². The van der Waals surface area contributed by atoms with Crippen LogP contribution in [0.3, 0.4) is 0 Å². The maximum atomic E-state index is 14.0. The number of aryl methyl sites for hydroxylation is 1. The highest BCUT2D eigenvalue weighted by atomic mass is 19.3. The highest BCUT2D eigenvalue weighted by molar-refractivity contribution is 5.90. The molecule has 0 unspecified atom stereocenters. The van der Waals surface area contributed by atoms with Gasteiger partial charge in [0.15, 0.2) is 11.6 Å². The molecule has 1 aromatic heterocycles. The summed E-state index contributed by atoms with van der Waals surface area (Å²) < 4.78 is 45.1. The Morgan fingerprint density at radius 3 is 2.67 bits per heavy atom. The molecule has 0 aliphatic heterocycles. The Balaban J connectivity index is 2.27. The molecule has 110 valence electrons. The largest absolute Gasteiger partial charge is 0.431 e. The van der Waals surface area contributed by atoms with Gasteiger partial charge in [-0.3, -0.25) is 0 Å². The molecule has 3 rings (SSSR count). The summed E-state index contributed by atoms with van der Waals surface area (Å²) in [5.41, 5.74) is 1.26. The van der Waals surface area contributed by atoms with E-state index in [1.54, 1.807) is 13.1 Å². The van der Waals surface area contributed by atoms with Gasteiger partial charge in [0.1, 0.15) is 6.07 Å². The number of nitrogens with zero attached hydrogens (tertiary/aromatic N) is 2. The average molecular weight is 294 g/mol. The smallest absolute Gasteiger partial charge is 0.387 e. The van der Waals surface area contributed by atoms with Crippen molar-refractivity contribution in [1.29, 1.82) is 5.26 Å². The van der Waals surface area contributed by atoms with Crippen LogP contribution in [0.5, 0.6) is 5.75 Å². The number of ether oxygens (including phenoxy) is 1. The van der Waals surface area contributed by atoms with Gasteiger partial charge >= 0.3 is 6.61 Å². The van der Waals surface area contributed by atoms with Gasteiger partial charge in [-0.1, -0.05) is 0 Å². The Morgan fingerprint density at radius 1 is 1.43 bits per heavy atom. The van der Waals surface area contributed by atoms with Gasteiger partial charge in [-0.15, -0.1) is 0 Å². The van der Waals surface area contributed by atoms with Gasteiger partial charge in [0, 0.05) is 23.2 Å². The second kappa shape index (κ2) is 4.99. The predicted octanol–water partition coefficient (Wildman–Crippen LogP) is 4.29.